The van der Waals surface area contributed by atoms with Crippen molar-refractivity contribution in [2.24, 2.45) is 0 Å². The summed E-state index contributed by atoms with van der Waals surface area (Å²) in [5.74, 6) is 0.666. The number of hydrogen-bond donors (Lipinski definition) is 2. The van der Waals surface area contributed by atoms with Crippen LogP contribution < -0.4 is 10.6 Å². The van der Waals surface area contributed by atoms with Crippen molar-refractivity contribution in [3.8, 4) is 0 Å². The van der Waals surface area contributed by atoms with E-state index in [1.807, 2.05) is 24.3 Å². The van der Waals surface area contributed by atoms with Crippen LogP contribution in [0.3, 0.4) is 0 Å². The van der Waals surface area contributed by atoms with Crippen molar-refractivity contribution in [3.63, 3.8) is 0 Å². The highest BCUT2D eigenvalue weighted by atomic mass is 19.4. The zero-order valence-electron chi connectivity index (χ0n) is 13.9. The fourth-order valence-corrected chi connectivity index (χ4v) is 2.38. The molecule has 134 valence electrons. The number of aromatic nitrogens is 3. The fraction of sp³-hybridized carbons (Fsp3) is 0.167. The molecule has 5 nitrogen and oxygen atoms in total. The van der Waals surface area contributed by atoms with Gasteiger partial charge in [0.15, 0.2) is 5.82 Å². The van der Waals surface area contributed by atoms with Gasteiger partial charge >= 0.3 is 6.18 Å². The van der Waals surface area contributed by atoms with Gasteiger partial charge < -0.3 is 10.6 Å². The Morgan fingerprint density at radius 3 is 2.38 bits per heavy atom. The third kappa shape index (κ3) is 4.27. The van der Waals surface area contributed by atoms with Gasteiger partial charge in [0.25, 0.3) is 0 Å². The Kier molecular flexibility index (Phi) is 5.01. The lowest BCUT2D eigenvalue weighted by Gasteiger charge is -2.11. The van der Waals surface area contributed by atoms with Crippen LogP contribution in [0.4, 0.5) is 36.3 Å². The van der Waals surface area contributed by atoms with E-state index in [-0.39, 0.29) is 5.95 Å². The summed E-state index contributed by atoms with van der Waals surface area (Å²) in [7, 11) is 0. The van der Waals surface area contributed by atoms with E-state index in [1.165, 1.54) is 18.3 Å². The molecule has 3 aromatic rings. The maximum atomic E-state index is 12.6. The van der Waals surface area contributed by atoms with Gasteiger partial charge in [-0.05, 0) is 42.3 Å². The third-order valence-electron chi connectivity index (χ3n) is 3.69. The molecule has 1 aromatic heterocycles. The number of halogens is 3. The Hall–Kier alpha value is -3.16. The van der Waals surface area contributed by atoms with E-state index in [0.717, 1.165) is 29.8 Å². The highest BCUT2D eigenvalue weighted by Gasteiger charge is 2.29. The second-order valence-electron chi connectivity index (χ2n) is 5.50. The molecule has 0 amide bonds. The summed E-state index contributed by atoms with van der Waals surface area (Å²) in [5, 5.41) is 13.7. The summed E-state index contributed by atoms with van der Waals surface area (Å²) in [6, 6.07) is 12.4. The van der Waals surface area contributed by atoms with Crippen LogP contribution in [0.5, 0.6) is 0 Å². The minimum atomic E-state index is -4.37. The zero-order chi connectivity index (χ0) is 18.6. The SMILES string of the molecule is CCc1ccccc1Nc1cnnc(Nc2ccc(C(F)(F)F)cc2)n1. The van der Waals surface area contributed by atoms with E-state index in [2.05, 4.69) is 32.7 Å². The maximum Gasteiger partial charge on any atom is 0.416 e. The Morgan fingerprint density at radius 2 is 1.69 bits per heavy atom. The van der Waals surface area contributed by atoms with Gasteiger partial charge in [-0.3, -0.25) is 0 Å². The number of para-hydroxylation sites is 1. The van der Waals surface area contributed by atoms with Crippen LogP contribution in [0.1, 0.15) is 18.1 Å². The van der Waals surface area contributed by atoms with Crippen LogP contribution >= 0.6 is 0 Å². The van der Waals surface area contributed by atoms with Crippen LogP contribution in [0.25, 0.3) is 0 Å². The number of alkyl halides is 3. The molecule has 0 radical (unpaired) electrons. The van der Waals surface area contributed by atoms with Gasteiger partial charge in [-0.2, -0.15) is 23.3 Å². The van der Waals surface area contributed by atoms with Crippen molar-refractivity contribution in [1.82, 2.24) is 15.2 Å². The van der Waals surface area contributed by atoms with E-state index in [4.69, 9.17) is 0 Å². The van der Waals surface area contributed by atoms with Gasteiger partial charge in [0, 0.05) is 11.4 Å². The Morgan fingerprint density at radius 1 is 0.962 bits per heavy atom. The van der Waals surface area contributed by atoms with E-state index < -0.39 is 11.7 Å². The monoisotopic (exact) mass is 359 g/mol. The summed E-state index contributed by atoms with van der Waals surface area (Å²) in [4.78, 5) is 4.29. The first-order valence-electron chi connectivity index (χ1n) is 7.94. The van der Waals surface area contributed by atoms with Gasteiger partial charge in [0.05, 0.1) is 11.8 Å². The van der Waals surface area contributed by atoms with E-state index in [1.54, 1.807) is 0 Å². The number of nitrogens with zero attached hydrogens (tertiary/aromatic N) is 3. The van der Waals surface area contributed by atoms with Gasteiger partial charge in [0.2, 0.25) is 5.95 Å². The lowest BCUT2D eigenvalue weighted by atomic mass is 10.1. The molecule has 0 saturated heterocycles. The molecule has 1 heterocycles. The first-order valence-corrected chi connectivity index (χ1v) is 7.94. The first-order chi connectivity index (χ1) is 12.5. The molecule has 2 aromatic carbocycles. The maximum absolute atomic E-state index is 12.6. The molecule has 3 rings (SSSR count). The molecule has 0 saturated carbocycles. The zero-order valence-corrected chi connectivity index (χ0v) is 13.9. The van der Waals surface area contributed by atoms with Crippen molar-refractivity contribution >= 4 is 23.1 Å². The second-order valence-corrected chi connectivity index (χ2v) is 5.50. The Bertz CT molecular complexity index is 878. The average Bonchev–Trinajstić information content (AvgIpc) is 2.62. The summed E-state index contributed by atoms with van der Waals surface area (Å²) < 4.78 is 37.8. The van der Waals surface area contributed by atoms with Gasteiger partial charge in [-0.15, -0.1) is 5.10 Å². The van der Waals surface area contributed by atoms with E-state index >= 15 is 0 Å². The fourth-order valence-electron chi connectivity index (χ4n) is 2.38. The topological polar surface area (TPSA) is 62.7 Å². The second kappa shape index (κ2) is 7.38. The molecule has 0 aliphatic carbocycles. The Labute approximate surface area is 148 Å². The molecule has 0 aliphatic rings. The molecule has 0 spiro atoms. The van der Waals surface area contributed by atoms with Crippen molar-refractivity contribution in [2.45, 2.75) is 19.5 Å². The van der Waals surface area contributed by atoms with Crippen LogP contribution in [0.15, 0.2) is 54.7 Å². The Balaban J connectivity index is 1.75. The van der Waals surface area contributed by atoms with Gasteiger partial charge in [0.1, 0.15) is 0 Å². The van der Waals surface area contributed by atoms with Crippen LogP contribution in [-0.2, 0) is 12.6 Å². The predicted molar refractivity (Wildman–Crippen MR) is 93.7 cm³/mol. The summed E-state index contributed by atoms with van der Waals surface area (Å²) in [6.45, 7) is 2.05. The smallest absolute Gasteiger partial charge is 0.339 e. The van der Waals surface area contributed by atoms with Crippen LogP contribution in [-0.4, -0.2) is 15.2 Å². The summed E-state index contributed by atoms with van der Waals surface area (Å²) in [5.41, 5.74) is 1.76. The number of nitrogens with one attached hydrogen (secondary N) is 2. The highest BCUT2D eigenvalue weighted by molar-refractivity contribution is 5.61. The van der Waals surface area contributed by atoms with Gasteiger partial charge in [-0.25, -0.2) is 0 Å². The number of hydrogen-bond acceptors (Lipinski definition) is 5. The molecule has 0 atom stereocenters. The molecule has 0 fully saturated rings. The molecular weight excluding hydrogens is 343 g/mol. The van der Waals surface area contributed by atoms with E-state index in [0.29, 0.717) is 11.5 Å². The highest BCUT2D eigenvalue weighted by Crippen LogP contribution is 2.30. The largest absolute Gasteiger partial charge is 0.416 e. The standard InChI is InChI=1S/C18H16F3N5/c1-2-12-5-3-4-6-15(12)24-16-11-22-26-17(25-16)23-14-9-7-13(8-10-14)18(19,20)21/h3-11H,2H2,1H3,(H2,23,24,25,26). The normalized spacial score (nSPS) is 11.2. The van der Waals surface area contributed by atoms with Gasteiger partial charge in [-0.1, -0.05) is 25.1 Å². The lowest BCUT2D eigenvalue weighted by molar-refractivity contribution is -0.137. The number of rotatable bonds is 5. The minimum absolute atomic E-state index is 0.184. The quantitative estimate of drug-likeness (QED) is 0.676. The molecule has 2 N–H and O–H groups in total. The summed E-state index contributed by atoms with van der Waals surface area (Å²) in [6.07, 6.45) is -2.03. The summed E-state index contributed by atoms with van der Waals surface area (Å²) >= 11 is 0. The van der Waals surface area contributed by atoms with Crippen molar-refractivity contribution in [3.05, 3.63) is 65.9 Å². The van der Waals surface area contributed by atoms with Crippen molar-refractivity contribution in [2.75, 3.05) is 10.6 Å². The molecule has 0 unspecified atom stereocenters. The number of benzene rings is 2. The molecule has 8 heteroatoms. The average molecular weight is 359 g/mol. The molecule has 0 aliphatic heterocycles. The van der Waals surface area contributed by atoms with Crippen LogP contribution in [0, 0.1) is 0 Å². The number of aryl methyl sites for hydroxylation is 1. The lowest BCUT2D eigenvalue weighted by Crippen LogP contribution is -2.05. The predicted octanol–water partition coefficient (Wildman–Crippen LogP) is 4.94. The molecule has 26 heavy (non-hydrogen) atoms. The van der Waals surface area contributed by atoms with Crippen molar-refractivity contribution in [1.29, 1.82) is 0 Å². The molecular formula is C18H16F3N5. The third-order valence-corrected chi connectivity index (χ3v) is 3.69. The first kappa shape index (κ1) is 17.7. The molecule has 0 bridgehead atoms. The number of anilines is 4. The van der Waals surface area contributed by atoms with E-state index in [9.17, 15) is 13.2 Å². The van der Waals surface area contributed by atoms with Crippen molar-refractivity contribution < 1.29 is 13.2 Å². The van der Waals surface area contributed by atoms with Crippen LogP contribution in [0.2, 0.25) is 0 Å². The minimum Gasteiger partial charge on any atom is -0.339 e.